The van der Waals surface area contributed by atoms with Crippen LogP contribution in [0.5, 0.6) is 0 Å². The van der Waals surface area contributed by atoms with Crippen LogP contribution in [-0.4, -0.2) is 38.0 Å². The first-order valence-electron chi connectivity index (χ1n) is 8.01. The molecular weight excluding hydrogens is 286 g/mol. The van der Waals surface area contributed by atoms with Crippen LogP contribution in [0.15, 0.2) is 42.5 Å². The van der Waals surface area contributed by atoms with Gasteiger partial charge < -0.3 is 15.5 Å². The molecule has 0 saturated carbocycles. The summed E-state index contributed by atoms with van der Waals surface area (Å²) in [4.78, 5) is 13.9. The first kappa shape index (κ1) is 15.7. The van der Waals surface area contributed by atoms with E-state index in [0.717, 1.165) is 30.9 Å². The number of benzene rings is 2. The standard InChI is InChI=1S/C19H23N3O/c1-20-9-10-22(2)13-15-5-3-4-6-17(15)14-7-8-18-16(11-14)12-19(23)21-18/h3-8,11,20H,9-10,12-13H2,1-2H3,(H,21,23). The van der Waals surface area contributed by atoms with Crippen molar-refractivity contribution >= 4 is 11.6 Å². The van der Waals surface area contributed by atoms with E-state index in [-0.39, 0.29) is 5.91 Å². The molecule has 2 aromatic carbocycles. The van der Waals surface area contributed by atoms with Gasteiger partial charge in [-0.2, -0.15) is 0 Å². The Kier molecular flexibility index (Phi) is 4.74. The van der Waals surface area contributed by atoms with E-state index in [2.05, 4.69) is 59.0 Å². The van der Waals surface area contributed by atoms with Gasteiger partial charge in [-0.05, 0) is 48.5 Å². The van der Waals surface area contributed by atoms with Crippen molar-refractivity contribution < 1.29 is 4.79 Å². The fourth-order valence-corrected chi connectivity index (χ4v) is 3.01. The molecule has 23 heavy (non-hydrogen) atoms. The van der Waals surface area contributed by atoms with Gasteiger partial charge in [0.05, 0.1) is 6.42 Å². The Hall–Kier alpha value is -2.17. The summed E-state index contributed by atoms with van der Waals surface area (Å²) in [5, 5.41) is 6.07. The largest absolute Gasteiger partial charge is 0.326 e. The van der Waals surface area contributed by atoms with Crippen molar-refractivity contribution in [2.45, 2.75) is 13.0 Å². The second kappa shape index (κ2) is 6.94. The average Bonchev–Trinajstić information content (AvgIpc) is 2.92. The fraction of sp³-hybridized carbons (Fsp3) is 0.316. The summed E-state index contributed by atoms with van der Waals surface area (Å²) in [6.07, 6.45) is 0.480. The molecule has 1 amide bonds. The number of fused-ring (bicyclic) bond motifs is 1. The third-order valence-electron chi connectivity index (χ3n) is 4.24. The molecule has 0 aromatic heterocycles. The Morgan fingerprint density at radius 1 is 1.22 bits per heavy atom. The maximum absolute atomic E-state index is 11.5. The van der Waals surface area contributed by atoms with Crippen LogP contribution in [0.3, 0.4) is 0 Å². The number of nitrogens with one attached hydrogen (secondary N) is 2. The summed E-state index contributed by atoms with van der Waals surface area (Å²) in [5.74, 6) is 0.0808. The van der Waals surface area contributed by atoms with Gasteiger partial charge in [0.2, 0.25) is 5.91 Å². The van der Waals surface area contributed by atoms with Gasteiger partial charge in [-0.15, -0.1) is 0 Å². The smallest absolute Gasteiger partial charge is 0.228 e. The summed E-state index contributed by atoms with van der Waals surface area (Å²) in [6.45, 7) is 2.89. The second-order valence-corrected chi connectivity index (χ2v) is 6.10. The molecule has 0 aliphatic carbocycles. The van der Waals surface area contributed by atoms with Crippen LogP contribution in [-0.2, 0) is 17.8 Å². The van der Waals surface area contributed by atoms with Crippen molar-refractivity contribution in [3.63, 3.8) is 0 Å². The highest BCUT2D eigenvalue weighted by molar-refractivity contribution is 5.99. The Morgan fingerprint density at radius 3 is 2.87 bits per heavy atom. The molecule has 4 heteroatoms. The van der Waals surface area contributed by atoms with Crippen LogP contribution >= 0.6 is 0 Å². The van der Waals surface area contributed by atoms with Gasteiger partial charge in [-0.3, -0.25) is 4.79 Å². The highest BCUT2D eigenvalue weighted by Gasteiger charge is 2.18. The topological polar surface area (TPSA) is 44.4 Å². The average molecular weight is 309 g/mol. The van der Waals surface area contributed by atoms with E-state index in [1.165, 1.54) is 16.7 Å². The molecule has 0 bridgehead atoms. The van der Waals surface area contributed by atoms with Crippen molar-refractivity contribution in [2.24, 2.45) is 0 Å². The Bertz CT molecular complexity index is 712. The van der Waals surface area contributed by atoms with Gasteiger partial charge in [0.25, 0.3) is 0 Å². The minimum Gasteiger partial charge on any atom is -0.326 e. The molecule has 1 aliphatic heterocycles. The minimum atomic E-state index is 0.0808. The molecule has 0 unspecified atom stereocenters. The van der Waals surface area contributed by atoms with Gasteiger partial charge >= 0.3 is 0 Å². The molecule has 120 valence electrons. The van der Waals surface area contributed by atoms with Crippen LogP contribution in [0.25, 0.3) is 11.1 Å². The predicted octanol–water partition coefficient (Wildman–Crippen LogP) is 2.50. The molecule has 1 heterocycles. The fourth-order valence-electron chi connectivity index (χ4n) is 3.01. The molecule has 0 saturated heterocycles. The van der Waals surface area contributed by atoms with E-state index in [1.807, 2.05) is 13.1 Å². The highest BCUT2D eigenvalue weighted by Crippen LogP contribution is 2.31. The SMILES string of the molecule is CNCCN(C)Cc1ccccc1-c1ccc2c(c1)CC(=O)N2. The van der Waals surface area contributed by atoms with Crippen LogP contribution in [0, 0.1) is 0 Å². The normalized spacial score (nSPS) is 13.3. The number of rotatable bonds is 6. The lowest BCUT2D eigenvalue weighted by atomic mass is 9.97. The lowest BCUT2D eigenvalue weighted by Crippen LogP contribution is -2.27. The maximum atomic E-state index is 11.5. The van der Waals surface area contributed by atoms with Crippen molar-refractivity contribution in [2.75, 3.05) is 32.5 Å². The van der Waals surface area contributed by atoms with E-state index in [4.69, 9.17) is 0 Å². The quantitative estimate of drug-likeness (QED) is 0.862. The Morgan fingerprint density at radius 2 is 2.04 bits per heavy atom. The zero-order valence-corrected chi connectivity index (χ0v) is 13.7. The predicted molar refractivity (Wildman–Crippen MR) is 94.5 cm³/mol. The van der Waals surface area contributed by atoms with Gasteiger partial charge in [0.1, 0.15) is 0 Å². The van der Waals surface area contributed by atoms with Gasteiger partial charge in [-0.1, -0.05) is 30.3 Å². The van der Waals surface area contributed by atoms with E-state index in [9.17, 15) is 4.79 Å². The summed E-state index contributed by atoms with van der Waals surface area (Å²) >= 11 is 0. The van der Waals surface area contributed by atoms with Crippen LogP contribution in [0.4, 0.5) is 5.69 Å². The van der Waals surface area contributed by atoms with Crippen LogP contribution < -0.4 is 10.6 Å². The van der Waals surface area contributed by atoms with Crippen molar-refractivity contribution in [1.29, 1.82) is 0 Å². The van der Waals surface area contributed by atoms with Crippen molar-refractivity contribution in [1.82, 2.24) is 10.2 Å². The van der Waals surface area contributed by atoms with Crippen LogP contribution in [0.2, 0.25) is 0 Å². The summed E-state index contributed by atoms with van der Waals surface area (Å²) < 4.78 is 0. The van der Waals surface area contributed by atoms with E-state index < -0.39 is 0 Å². The number of nitrogens with zero attached hydrogens (tertiary/aromatic N) is 1. The molecular formula is C19H23N3O. The molecule has 3 rings (SSSR count). The number of hydrogen-bond acceptors (Lipinski definition) is 3. The van der Waals surface area contributed by atoms with Crippen molar-refractivity contribution in [3.8, 4) is 11.1 Å². The third-order valence-corrected chi connectivity index (χ3v) is 4.24. The van der Waals surface area contributed by atoms with Gasteiger partial charge in [0, 0.05) is 25.3 Å². The summed E-state index contributed by atoms with van der Waals surface area (Å²) in [7, 11) is 4.11. The van der Waals surface area contributed by atoms with Gasteiger partial charge in [-0.25, -0.2) is 0 Å². The lowest BCUT2D eigenvalue weighted by Gasteiger charge is -2.19. The number of carbonyl (C=O) groups excluding carboxylic acids is 1. The monoisotopic (exact) mass is 309 g/mol. The molecule has 1 aliphatic rings. The molecule has 2 aromatic rings. The summed E-state index contributed by atoms with van der Waals surface area (Å²) in [5.41, 5.74) is 5.76. The Labute approximate surface area is 137 Å². The molecule has 0 radical (unpaired) electrons. The number of likely N-dealkylation sites (N-methyl/N-ethyl adjacent to an activating group) is 2. The molecule has 0 atom stereocenters. The highest BCUT2D eigenvalue weighted by atomic mass is 16.1. The Balaban J connectivity index is 1.86. The van der Waals surface area contributed by atoms with E-state index in [0.29, 0.717) is 6.42 Å². The van der Waals surface area contributed by atoms with E-state index >= 15 is 0 Å². The molecule has 2 N–H and O–H groups in total. The van der Waals surface area contributed by atoms with Crippen LogP contribution in [0.1, 0.15) is 11.1 Å². The minimum absolute atomic E-state index is 0.0808. The van der Waals surface area contributed by atoms with Gasteiger partial charge in [0.15, 0.2) is 0 Å². The molecule has 4 nitrogen and oxygen atoms in total. The van der Waals surface area contributed by atoms with E-state index in [1.54, 1.807) is 0 Å². The van der Waals surface area contributed by atoms with Crippen molar-refractivity contribution in [3.05, 3.63) is 53.6 Å². The second-order valence-electron chi connectivity index (χ2n) is 6.10. The first-order chi connectivity index (χ1) is 11.2. The number of amides is 1. The number of hydrogen-bond donors (Lipinski definition) is 2. The molecule has 0 fully saturated rings. The summed E-state index contributed by atoms with van der Waals surface area (Å²) in [6, 6.07) is 14.7. The zero-order valence-electron chi connectivity index (χ0n) is 13.7. The zero-order chi connectivity index (χ0) is 16.2. The third kappa shape index (κ3) is 3.60. The lowest BCUT2D eigenvalue weighted by molar-refractivity contribution is -0.115. The molecule has 0 spiro atoms. The number of anilines is 1. The maximum Gasteiger partial charge on any atom is 0.228 e. The first-order valence-corrected chi connectivity index (χ1v) is 8.01. The number of carbonyl (C=O) groups is 1.